The van der Waals surface area contributed by atoms with Crippen molar-refractivity contribution >= 4 is 37.6 Å². The molecule has 0 atom stereocenters. The summed E-state index contributed by atoms with van der Waals surface area (Å²) >= 11 is 6.52. The van der Waals surface area contributed by atoms with Crippen LogP contribution in [0.25, 0.3) is 0 Å². The molecule has 20 heavy (non-hydrogen) atoms. The van der Waals surface area contributed by atoms with Crippen molar-refractivity contribution in [3.63, 3.8) is 0 Å². The van der Waals surface area contributed by atoms with E-state index in [1.165, 1.54) is 13.2 Å². The van der Waals surface area contributed by atoms with Crippen LogP contribution in [0.4, 0.5) is 4.39 Å². The summed E-state index contributed by atoms with van der Waals surface area (Å²) in [5.74, 6) is 0.0246. The predicted octanol–water partition coefficient (Wildman–Crippen LogP) is 4.78. The number of methoxy groups -OCH3 is 1. The van der Waals surface area contributed by atoms with E-state index in [2.05, 4.69) is 31.9 Å². The minimum atomic E-state index is -0.397. The molecule has 0 N–H and O–H groups in total. The molecular formula is C15H11Br2FO2. The third-order valence-corrected chi connectivity index (χ3v) is 4.02. The monoisotopic (exact) mass is 400 g/mol. The molecule has 0 saturated carbocycles. The summed E-state index contributed by atoms with van der Waals surface area (Å²) in [5.41, 5.74) is 0.847. The van der Waals surface area contributed by atoms with Gasteiger partial charge in [-0.15, -0.1) is 0 Å². The van der Waals surface area contributed by atoms with Gasteiger partial charge in [0.1, 0.15) is 11.6 Å². The van der Waals surface area contributed by atoms with Gasteiger partial charge < -0.3 is 4.74 Å². The zero-order valence-corrected chi connectivity index (χ0v) is 13.8. The van der Waals surface area contributed by atoms with E-state index in [0.717, 1.165) is 0 Å². The summed E-state index contributed by atoms with van der Waals surface area (Å²) in [6.07, 6.45) is 0.00484. The van der Waals surface area contributed by atoms with Gasteiger partial charge in [-0.2, -0.15) is 0 Å². The Morgan fingerprint density at radius 3 is 2.60 bits per heavy atom. The smallest absolute Gasteiger partial charge is 0.168 e. The summed E-state index contributed by atoms with van der Waals surface area (Å²) in [4.78, 5) is 12.3. The van der Waals surface area contributed by atoms with E-state index in [0.29, 0.717) is 25.8 Å². The Bertz CT molecular complexity index is 656. The number of ether oxygens (including phenoxy) is 1. The molecule has 0 aliphatic carbocycles. The van der Waals surface area contributed by atoms with E-state index >= 15 is 0 Å². The number of rotatable bonds is 4. The molecule has 0 unspecified atom stereocenters. The highest BCUT2D eigenvalue weighted by molar-refractivity contribution is 9.10. The number of hydrogen-bond acceptors (Lipinski definition) is 2. The van der Waals surface area contributed by atoms with Crippen molar-refractivity contribution in [1.29, 1.82) is 0 Å². The fourth-order valence-electron chi connectivity index (χ4n) is 1.78. The first kappa shape index (κ1) is 15.2. The predicted molar refractivity (Wildman–Crippen MR) is 82.8 cm³/mol. The lowest BCUT2D eigenvalue weighted by Gasteiger charge is -2.07. The number of hydrogen-bond donors (Lipinski definition) is 0. The van der Waals surface area contributed by atoms with Crippen LogP contribution in [0.2, 0.25) is 0 Å². The van der Waals surface area contributed by atoms with Gasteiger partial charge in [0.25, 0.3) is 0 Å². The lowest BCUT2D eigenvalue weighted by molar-refractivity contribution is 0.0990. The second kappa shape index (κ2) is 6.50. The lowest BCUT2D eigenvalue weighted by Crippen LogP contribution is -2.06. The van der Waals surface area contributed by atoms with Gasteiger partial charge in [-0.3, -0.25) is 4.79 Å². The summed E-state index contributed by atoms with van der Waals surface area (Å²) in [5, 5.41) is 0. The SMILES string of the molecule is COc1ccc(Br)c(C(=O)Cc2ccc(Br)cc2F)c1. The van der Waals surface area contributed by atoms with Crippen LogP contribution in [0.15, 0.2) is 45.3 Å². The van der Waals surface area contributed by atoms with Gasteiger partial charge in [0.15, 0.2) is 5.78 Å². The van der Waals surface area contributed by atoms with Gasteiger partial charge in [-0.1, -0.05) is 37.9 Å². The minimum Gasteiger partial charge on any atom is -0.497 e. The van der Waals surface area contributed by atoms with E-state index in [1.54, 1.807) is 30.3 Å². The molecule has 0 heterocycles. The highest BCUT2D eigenvalue weighted by Crippen LogP contribution is 2.25. The van der Waals surface area contributed by atoms with Crippen LogP contribution in [0.5, 0.6) is 5.75 Å². The topological polar surface area (TPSA) is 26.3 Å². The number of benzene rings is 2. The first-order chi connectivity index (χ1) is 9.51. The fraction of sp³-hybridized carbons (Fsp3) is 0.133. The highest BCUT2D eigenvalue weighted by Gasteiger charge is 2.14. The molecule has 0 radical (unpaired) electrons. The average molecular weight is 402 g/mol. The number of halogens is 3. The van der Waals surface area contributed by atoms with Crippen LogP contribution in [0, 0.1) is 5.82 Å². The van der Waals surface area contributed by atoms with Crippen molar-refractivity contribution in [1.82, 2.24) is 0 Å². The molecule has 0 amide bonds. The van der Waals surface area contributed by atoms with E-state index in [9.17, 15) is 9.18 Å². The molecule has 104 valence electrons. The van der Waals surface area contributed by atoms with Crippen molar-refractivity contribution < 1.29 is 13.9 Å². The van der Waals surface area contributed by atoms with Gasteiger partial charge in [-0.05, 0) is 35.9 Å². The van der Waals surface area contributed by atoms with Gasteiger partial charge >= 0.3 is 0 Å². The number of Topliss-reactive ketones (excluding diaryl/α,β-unsaturated/α-hetero) is 1. The third kappa shape index (κ3) is 3.46. The van der Waals surface area contributed by atoms with Crippen LogP contribution < -0.4 is 4.74 Å². The maximum absolute atomic E-state index is 13.8. The second-order valence-electron chi connectivity index (χ2n) is 4.18. The fourth-order valence-corrected chi connectivity index (χ4v) is 2.58. The molecule has 0 bridgehead atoms. The summed E-state index contributed by atoms with van der Waals surface area (Å²) < 4.78 is 20.2. The molecule has 0 aliphatic rings. The van der Waals surface area contributed by atoms with Crippen LogP contribution >= 0.6 is 31.9 Å². The average Bonchev–Trinajstić information content (AvgIpc) is 2.42. The van der Waals surface area contributed by atoms with E-state index in [-0.39, 0.29) is 12.2 Å². The Morgan fingerprint density at radius 2 is 1.95 bits per heavy atom. The van der Waals surface area contributed by atoms with Gasteiger partial charge in [0, 0.05) is 20.9 Å². The van der Waals surface area contributed by atoms with Crippen molar-refractivity contribution in [3.8, 4) is 5.75 Å². The Labute approximate surface area is 133 Å². The minimum absolute atomic E-state index is 0.00484. The molecule has 0 aromatic heterocycles. The third-order valence-electron chi connectivity index (χ3n) is 2.84. The largest absolute Gasteiger partial charge is 0.497 e. The number of carbonyl (C=O) groups is 1. The highest BCUT2D eigenvalue weighted by atomic mass is 79.9. The van der Waals surface area contributed by atoms with Crippen LogP contribution in [-0.2, 0) is 6.42 Å². The van der Waals surface area contributed by atoms with Crippen molar-refractivity contribution in [2.24, 2.45) is 0 Å². The van der Waals surface area contributed by atoms with Crippen LogP contribution in [0.1, 0.15) is 15.9 Å². The number of ketones is 1. The van der Waals surface area contributed by atoms with E-state index < -0.39 is 5.82 Å². The Morgan fingerprint density at radius 1 is 1.20 bits per heavy atom. The normalized spacial score (nSPS) is 10.4. The lowest BCUT2D eigenvalue weighted by atomic mass is 10.0. The zero-order chi connectivity index (χ0) is 14.7. The standard InChI is InChI=1S/C15H11Br2FO2/c1-20-11-4-5-13(17)12(8-11)15(19)6-9-2-3-10(16)7-14(9)18/h2-5,7-8H,6H2,1H3. The molecule has 0 aliphatic heterocycles. The first-order valence-electron chi connectivity index (χ1n) is 5.82. The Balaban J connectivity index is 2.28. The quantitative estimate of drug-likeness (QED) is 0.688. The molecule has 5 heteroatoms. The molecular weight excluding hydrogens is 391 g/mol. The van der Waals surface area contributed by atoms with Crippen molar-refractivity contribution in [2.75, 3.05) is 7.11 Å². The second-order valence-corrected chi connectivity index (χ2v) is 5.95. The maximum atomic E-state index is 13.8. The maximum Gasteiger partial charge on any atom is 0.168 e. The Hall–Kier alpha value is -1.20. The summed E-state index contributed by atoms with van der Waals surface area (Å²) in [6.45, 7) is 0. The van der Waals surface area contributed by atoms with Gasteiger partial charge in [-0.25, -0.2) is 4.39 Å². The van der Waals surface area contributed by atoms with Crippen molar-refractivity contribution in [3.05, 3.63) is 62.3 Å². The molecule has 2 rings (SSSR count). The summed E-state index contributed by atoms with van der Waals surface area (Å²) in [6, 6.07) is 9.80. The van der Waals surface area contributed by atoms with Crippen molar-refractivity contribution in [2.45, 2.75) is 6.42 Å². The zero-order valence-electron chi connectivity index (χ0n) is 10.6. The molecule has 0 spiro atoms. The Kier molecular flexibility index (Phi) is 4.94. The van der Waals surface area contributed by atoms with Gasteiger partial charge in [0.2, 0.25) is 0 Å². The van der Waals surface area contributed by atoms with Crippen LogP contribution in [0.3, 0.4) is 0 Å². The number of carbonyl (C=O) groups excluding carboxylic acids is 1. The summed E-state index contributed by atoms with van der Waals surface area (Å²) in [7, 11) is 1.53. The molecule has 2 nitrogen and oxygen atoms in total. The molecule has 2 aromatic carbocycles. The van der Waals surface area contributed by atoms with E-state index in [4.69, 9.17) is 4.74 Å². The van der Waals surface area contributed by atoms with Crippen LogP contribution in [-0.4, -0.2) is 12.9 Å². The molecule has 0 saturated heterocycles. The van der Waals surface area contributed by atoms with E-state index in [1.807, 2.05) is 0 Å². The molecule has 2 aromatic rings. The van der Waals surface area contributed by atoms with Gasteiger partial charge in [0.05, 0.1) is 7.11 Å². The molecule has 0 fully saturated rings. The first-order valence-corrected chi connectivity index (χ1v) is 7.40.